The Balaban J connectivity index is 1.50. The highest BCUT2D eigenvalue weighted by Crippen LogP contribution is 2.63. The summed E-state index contributed by atoms with van der Waals surface area (Å²) in [4.78, 5) is 4.44. The molecule has 1 N–H and O–H groups in total. The van der Waals surface area contributed by atoms with E-state index in [9.17, 15) is 8.78 Å². The van der Waals surface area contributed by atoms with E-state index in [1.54, 1.807) is 0 Å². The summed E-state index contributed by atoms with van der Waals surface area (Å²) in [6, 6.07) is 7.86. The fraction of sp³-hybridized carbons (Fsp3) is 0.350. The van der Waals surface area contributed by atoms with Crippen LogP contribution in [0.3, 0.4) is 0 Å². The van der Waals surface area contributed by atoms with E-state index >= 15 is 0 Å². The summed E-state index contributed by atoms with van der Waals surface area (Å²) in [6.07, 6.45) is 6.89. The zero-order valence-electron chi connectivity index (χ0n) is 13.7. The van der Waals surface area contributed by atoms with Crippen LogP contribution in [0.5, 0.6) is 0 Å². The zero-order chi connectivity index (χ0) is 16.7. The third-order valence-electron chi connectivity index (χ3n) is 5.35. The highest BCUT2D eigenvalue weighted by Gasteiger charge is 2.49. The van der Waals surface area contributed by atoms with Crippen molar-refractivity contribution in [3.63, 3.8) is 0 Å². The molecule has 1 aromatic heterocycles. The van der Waals surface area contributed by atoms with E-state index in [4.69, 9.17) is 0 Å². The minimum Gasteiger partial charge on any atom is -0.366 e. The standard InChI is InChI=1S/C20H20F2N2/c1-13-7-8-20(9-10-20)19(13)14-5-6-18(23-11-14)24-12-15-16(21)3-2-4-17(15)22/h2-6,11H,7-10,12H2,1H3,(H,23,24). The molecule has 2 aliphatic carbocycles. The van der Waals surface area contributed by atoms with Crippen molar-refractivity contribution in [1.29, 1.82) is 0 Å². The summed E-state index contributed by atoms with van der Waals surface area (Å²) in [5, 5.41) is 3.00. The Morgan fingerprint density at radius 3 is 2.46 bits per heavy atom. The van der Waals surface area contributed by atoms with Crippen molar-refractivity contribution in [3.8, 4) is 0 Å². The molecule has 1 aromatic carbocycles. The van der Waals surface area contributed by atoms with Crippen LogP contribution < -0.4 is 5.32 Å². The Bertz CT molecular complexity index is 785. The Hall–Kier alpha value is -2.23. The quantitative estimate of drug-likeness (QED) is 0.822. The van der Waals surface area contributed by atoms with Gasteiger partial charge >= 0.3 is 0 Å². The fourth-order valence-corrected chi connectivity index (χ4v) is 3.86. The molecule has 1 saturated carbocycles. The summed E-state index contributed by atoms with van der Waals surface area (Å²) in [5.74, 6) is -0.453. The van der Waals surface area contributed by atoms with Crippen LogP contribution in [0.25, 0.3) is 5.57 Å². The largest absolute Gasteiger partial charge is 0.366 e. The van der Waals surface area contributed by atoms with E-state index in [1.807, 2.05) is 12.3 Å². The molecule has 1 spiro atoms. The van der Waals surface area contributed by atoms with Gasteiger partial charge in [-0.05, 0) is 73.4 Å². The van der Waals surface area contributed by atoms with Gasteiger partial charge in [0.15, 0.2) is 0 Å². The van der Waals surface area contributed by atoms with Crippen LogP contribution >= 0.6 is 0 Å². The third kappa shape index (κ3) is 2.60. The monoisotopic (exact) mass is 326 g/mol. The Kier molecular flexibility index (Phi) is 3.63. The first-order chi connectivity index (χ1) is 11.6. The molecule has 0 atom stereocenters. The van der Waals surface area contributed by atoms with Crippen molar-refractivity contribution in [3.05, 3.63) is 64.9 Å². The number of rotatable bonds is 4. The van der Waals surface area contributed by atoms with Crippen LogP contribution in [0.15, 0.2) is 42.1 Å². The van der Waals surface area contributed by atoms with E-state index in [-0.39, 0.29) is 12.1 Å². The van der Waals surface area contributed by atoms with Gasteiger partial charge in [0.05, 0.1) is 0 Å². The van der Waals surface area contributed by atoms with Crippen molar-refractivity contribution in [2.24, 2.45) is 5.41 Å². The second kappa shape index (κ2) is 5.69. The van der Waals surface area contributed by atoms with E-state index < -0.39 is 11.6 Å². The molecular formula is C20H20F2N2. The first-order valence-corrected chi connectivity index (χ1v) is 8.42. The first kappa shape index (κ1) is 15.3. The molecule has 4 heteroatoms. The molecule has 2 aromatic rings. The molecule has 2 aliphatic rings. The lowest BCUT2D eigenvalue weighted by Gasteiger charge is -2.14. The molecular weight excluding hydrogens is 306 g/mol. The van der Waals surface area contributed by atoms with Crippen LogP contribution in [0, 0.1) is 17.0 Å². The number of hydrogen-bond acceptors (Lipinski definition) is 2. The Morgan fingerprint density at radius 1 is 1.08 bits per heavy atom. The average Bonchev–Trinajstić information content (AvgIpc) is 3.27. The Morgan fingerprint density at radius 2 is 1.83 bits per heavy atom. The second-order valence-corrected chi connectivity index (χ2v) is 6.92. The van der Waals surface area contributed by atoms with E-state index in [1.165, 1.54) is 60.6 Å². The summed E-state index contributed by atoms with van der Waals surface area (Å²) < 4.78 is 27.3. The number of anilines is 1. The lowest BCUT2D eigenvalue weighted by molar-refractivity contribution is 0.560. The molecule has 124 valence electrons. The number of hydrogen-bond donors (Lipinski definition) is 1. The number of nitrogens with one attached hydrogen (secondary N) is 1. The van der Waals surface area contributed by atoms with E-state index in [0.29, 0.717) is 11.2 Å². The predicted molar refractivity (Wildman–Crippen MR) is 91.4 cm³/mol. The summed E-state index contributed by atoms with van der Waals surface area (Å²) >= 11 is 0. The normalized spacial score (nSPS) is 18.3. The molecule has 1 heterocycles. The maximum Gasteiger partial charge on any atom is 0.131 e. The van der Waals surface area contributed by atoms with Crippen LogP contribution in [0.4, 0.5) is 14.6 Å². The smallest absolute Gasteiger partial charge is 0.131 e. The van der Waals surface area contributed by atoms with Crippen molar-refractivity contribution in [1.82, 2.24) is 4.98 Å². The van der Waals surface area contributed by atoms with Crippen LogP contribution in [-0.2, 0) is 6.54 Å². The van der Waals surface area contributed by atoms with Crippen LogP contribution in [-0.4, -0.2) is 4.98 Å². The average molecular weight is 326 g/mol. The number of halogens is 2. The van der Waals surface area contributed by atoms with Crippen molar-refractivity contribution in [2.75, 3.05) is 5.32 Å². The molecule has 24 heavy (non-hydrogen) atoms. The lowest BCUT2D eigenvalue weighted by atomic mass is 9.92. The predicted octanol–water partition coefficient (Wildman–Crippen LogP) is 5.32. The molecule has 1 fully saturated rings. The maximum atomic E-state index is 13.7. The number of allylic oxidation sites excluding steroid dienone is 2. The molecule has 0 bridgehead atoms. The van der Waals surface area contributed by atoms with Crippen molar-refractivity contribution >= 4 is 11.4 Å². The highest BCUT2D eigenvalue weighted by atomic mass is 19.1. The Labute approximate surface area is 140 Å². The highest BCUT2D eigenvalue weighted by molar-refractivity contribution is 5.77. The molecule has 0 radical (unpaired) electrons. The van der Waals surface area contributed by atoms with Gasteiger partial charge in [-0.1, -0.05) is 11.6 Å². The second-order valence-electron chi connectivity index (χ2n) is 6.92. The molecule has 4 rings (SSSR count). The maximum absolute atomic E-state index is 13.7. The third-order valence-corrected chi connectivity index (χ3v) is 5.35. The van der Waals surface area contributed by atoms with Gasteiger partial charge in [0.2, 0.25) is 0 Å². The van der Waals surface area contributed by atoms with Gasteiger partial charge in [-0.2, -0.15) is 0 Å². The number of benzene rings is 1. The van der Waals surface area contributed by atoms with Gasteiger partial charge in [-0.25, -0.2) is 13.8 Å². The SMILES string of the molecule is CC1=C(c2ccc(NCc3c(F)cccc3F)nc2)C2(CC1)CC2. The summed E-state index contributed by atoms with van der Waals surface area (Å²) in [5.41, 5.74) is 4.58. The topological polar surface area (TPSA) is 24.9 Å². The minimum atomic E-state index is -0.540. The molecule has 0 amide bonds. The van der Waals surface area contributed by atoms with Crippen LogP contribution in [0.2, 0.25) is 0 Å². The van der Waals surface area contributed by atoms with E-state index in [0.717, 1.165) is 0 Å². The molecule has 2 nitrogen and oxygen atoms in total. The van der Waals surface area contributed by atoms with E-state index in [2.05, 4.69) is 23.3 Å². The van der Waals surface area contributed by atoms with Gasteiger partial charge in [0, 0.05) is 18.3 Å². The van der Waals surface area contributed by atoms with Gasteiger partial charge in [0.1, 0.15) is 17.5 Å². The van der Waals surface area contributed by atoms with Crippen molar-refractivity contribution < 1.29 is 8.78 Å². The number of pyridine rings is 1. The fourth-order valence-electron chi connectivity index (χ4n) is 3.86. The minimum absolute atomic E-state index is 0.0367. The van der Waals surface area contributed by atoms with Gasteiger partial charge in [0.25, 0.3) is 0 Å². The van der Waals surface area contributed by atoms with Gasteiger partial charge in [-0.15, -0.1) is 0 Å². The zero-order valence-corrected chi connectivity index (χ0v) is 13.7. The number of aromatic nitrogens is 1. The molecule has 0 unspecified atom stereocenters. The molecule has 0 aliphatic heterocycles. The number of nitrogens with zero attached hydrogens (tertiary/aromatic N) is 1. The summed E-state index contributed by atoms with van der Waals surface area (Å²) in [7, 11) is 0. The summed E-state index contributed by atoms with van der Waals surface area (Å²) in [6.45, 7) is 2.30. The molecule has 0 saturated heterocycles. The van der Waals surface area contributed by atoms with Crippen molar-refractivity contribution in [2.45, 2.75) is 39.2 Å². The van der Waals surface area contributed by atoms with Crippen LogP contribution in [0.1, 0.15) is 43.7 Å². The van der Waals surface area contributed by atoms with Gasteiger partial charge < -0.3 is 5.32 Å². The first-order valence-electron chi connectivity index (χ1n) is 8.42. The lowest BCUT2D eigenvalue weighted by Crippen LogP contribution is -2.06. The van der Waals surface area contributed by atoms with Gasteiger partial charge in [-0.3, -0.25) is 0 Å².